The van der Waals surface area contributed by atoms with Crippen molar-refractivity contribution in [2.24, 2.45) is 5.92 Å². The summed E-state index contributed by atoms with van der Waals surface area (Å²) in [5.74, 6) is -1.24. The molecule has 2 unspecified atom stereocenters. The summed E-state index contributed by atoms with van der Waals surface area (Å²) in [5.41, 5.74) is 0. The Morgan fingerprint density at radius 1 is 1.25 bits per heavy atom. The second-order valence-electron chi connectivity index (χ2n) is 8.54. The molecule has 3 atom stereocenters. The number of carboxylic acids is 2. The first-order valence-corrected chi connectivity index (χ1v) is 13.2. The van der Waals surface area contributed by atoms with Crippen LogP contribution in [0.3, 0.4) is 0 Å². The number of amides is 1. The molecule has 0 aliphatic carbocycles. The highest BCUT2D eigenvalue weighted by Gasteiger charge is 2.35. The van der Waals surface area contributed by atoms with Gasteiger partial charge in [-0.05, 0) is 49.7 Å². The zero-order chi connectivity index (χ0) is 22.9. The van der Waals surface area contributed by atoms with Crippen molar-refractivity contribution in [1.82, 2.24) is 15.5 Å². The number of rotatable bonds is 11. The Hall–Kier alpha value is -1.62. The molecule has 0 spiro atoms. The molecule has 2 saturated heterocycles. The van der Waals surface area contributed by atoms with Gasteiger partial charge in [-0.25, -0.2) is 0 Å². The minimum atomic E-state index is -1.07. The third-order valence-electron chi connectivity index (χ3n) is 6.16. The molecule has 1 aromatic heterocycles. The summed E-state index contributed by atoms with van der Waals surface area (Å²) in [5, 5.41) is 27.4. The maximum atomic E-state index is 13.1. The Balaban J connectivity index is 1.57. The van der Waals surface area contributed by atoms with Gasteiger partial charge in [-0.15, -0.1) is 23.1 Å². The van der Waals surface area contributed by atoms with E-state index in [1.807, 2.05) is 17.5 Å². The van der Waals surface area contributed by atoms with Crippen molar-refractivity contribution in [2.75, 3.05) is 31.9 Å². The molecule has 0 bridgehead atoms. The normalized spacial score (nSPS) is 23.6. The maximum Gasteiger partial charge on any atom is 0.323 e. The largest absolute Gasteiger partial charge is 0.480 e. The topological polar surface area (TPSA) is 119 Å². The number of carbonyl (C=O) groups is 3. The lowest BCUT2D eigenvalue weighted by Crippen LogP contribution is -2.53. The van der Waals surface area contributed by atoms with Crippen molar-refractivity contribution in [3.8, 4) is 0 Å². The fraction of sp³-hybridized carbons (Fsp3) is 0.682. The van der Waals surface area contributed by atoms with Crippen LogP contribution >= 0.6 is 23.1 Å². The summed E-state index contributed by atoms with van der Waals surface area (Å²) < 4.78 is 0. The molecule has 3 heterocycles. The fourth-order valence-electron chi connectivity index (χ4n) is 4.39. The van der Waals surface area contributed by atoms with Crippen LogP contribution in [-0.4, -0.2) is 77.0 Å². The number of piperidine rings is 1. The van der Waals surface area contributed by atoms with Crippen LogP contribution in [0.15, 0.2) is 17.5 Å². The average molecular weight is 484 g/mol. The number of unbranched alkanes of at least 4 members (excludes halogenated alkanes) is 1. The van der Waals surface area contributed by atoms with E-state index >= 15 is 0 Å². The Labute approximate surface area is 197 Å². The highest BCUT2D eigenvalue weighted by molar-refractivity contribution is 7.99. The van der Waals surface area contributed by atoms with E-state index in [9.17, 15) is 24.6 Å². The van der Waals surface area contributed by atoms with Gasteiger partial charge in [0.15, 0.2) is 0 Å². The minimum Gasteiger partial charge on any atom is -0.480 e. The number of hydrogen-bond acceptors (Lipinski definition) is 7. The number of nitrogens with one attached hydrogen (secondary N) is 2. The van der Waals surface area contributed by atoms with Crippen molar-refractivity contribution in [3.05, 3.63) is 22.4 Å². The van der Waals surface area contributed by atoms with Crippen LogP contribution in [0.5, 0.6) is 0 Å². The number of nitrogens with zero attached hydrogens (tertiary/aromatic N) is 1. The highest BCUT2D eigenvalue weighted by Crippen LogP contribution is 2.35. The number of carbonyl (C=O) groups excluding carboxylic acids is 1. The number of carboxylic acid groups (broad SMARTS) is 2. The van der Waals surface area contributed by atoms with E-state index in [1.54, 1.807) is 23.1 Å². The Kier molecular flexibility index (Phi) is 9.83. The molecule has 32 heavy (non-hydrogen) atoms. The first kappa shape index (κ1) is 25.0. The Morgan fingerprint density at radius 3 is 2.69 bits per heavy atom. The third kappa shape index (κ3) is 7.47. The fourth-order valence-corrected chi connectivity index (χ4v) is 6.65. The molecule has 8 nitrogen and oxygen atoms in total. The zero-order valence-electron chi connectivity index (χ0n) is 18.2. The van der Waals surface area contributed by atoms with E-state index in [2.05, 4.69) is 10.6 Å². The molecular weight excluding hydrogens is 450 g/mol. The van der Waals surface area contributed by atoms with E-state index in [0.29, 0.717) is 24.6 Å². The predicted molar refractivity (Wildman–Crippen MR) is 126 cm³/mol. The number of hydrogen-bond donors (Lipinski definition) is 4. The van der Waals surface area contributed by atoms with Gasteiger partial charge in [0.2, 0.25) is 5.91 Å². The van der Waals surface area contributed by atoms with E-state index < -0.39 is 24.0 Å². The van der Waals surface area contributed by atoms with E-state index in [0.717, 1.165) is 37.2 Å². The van der Waals surface area contributed by atoms with Gasteiger partial charge in [0, 0.05) is 17.2 Å². The highest BCUT2D eigenvalue weighted by atomic mass is 32.2. The van der Waals surface area contributed by atoms with Gasteiger partial charge in [-0.3, -0.25) is 19.7 Å². The molecule has 178 valence electrons. The van der Waals surface area contributed by atoms with Gasteiger partial charge >= 0.3 is 11.9 Å². The number of aliphatic carboxylic acids is 2. The van der Waals surface area contributed by atoms with Crippen LogP contribution in [0.25, 0.3) is 0 Å². The van der Waals surface area contributed by atoms with Gasteiger partial charge in [-0.2, -0.15) is 0 Å². The molecule has 0 radical (unpaired) electrons. The predicted octanol–water partition coefficient (Wildman–Crippen LogP) is 2.42. The van der Waals surface area contributed by atoms with Crippen LogP contribution < -0.4 is 10.6 Å². The quantitative estimate of drug-likeness (QED) is 0.354. The van der Waals surface area contributed by atoms with Crippen molar-refractivity contribution in [3.63, 3.8) is 0 Å². The maximum absolute atomic E-state index is 13.1. The van der Waals surface area contributed by atoms with Gasteiger partial charge < -0.3 is 20.4 Å². The number of thiophene rings is 1. The van der Waals surface area contributed by atoms with Crippen LogP contribution in [0.4, 0.5) is 0 Å². The van der Waals surface area contributed by atoms with Gasteiger partial charge in [0.25, 0.3) is 0 Å². The second kappa shape index (κ2) is 12.6. The van der Waals surface area contributed by atoms with Crippen molar-refractivity contribution in [1.29, 1.82) is 0 Å². The summed E-state index contributed by atoms with van der Waals surface area (Å²) >= 11 is 3.16. The lowest BCUT2D eigenvalue weighted by atomic mass is 9.92. The summed E-state index contributed by atoms with van der Waals surface area (Å²) in [6.45, 7) is 2.05. The smallest absolute Gasteiger partial charge is 0.323 e. The summed E-state index contributed by atoms with van der Waals surface area (Å²) in [6.07, 6.45) is 5.70. The van der Waals surface area contributed by atoms with Crippen LogP contribution in [-0.2, 0) is 14.4 Å². The molecular formula is C22H33N3O5S2. The third-order valence-corrected chi connectivity index (χ3v) is 8.63. The monoisotopic (exact) mass is 483 g/mol. The van der Waals surface area contributed by atoms with Gasteiger partial charge in [0.1, 0.15) is 12.6 Å². The lowest BCUT2D eigenvalue weighted by Gasteiger charge is -2.26. The van der Waals surface area contributed by atoms with Crippen LogP contribution in [0, 0.1) is 5.92 Å². The molecule has 3 rings (SSSR count). The average Bonchev–Trinajstić information content (AvgIpc) is 3.26. The van der Waals surface area contributed by atoms with E-state index in [-0.39, 0.29) is 17.7 Å². The molecule has 1 aromatic rings. The first-order valence-electron chi connectivity index (χ1n) is 11.3. The number of thioether (sulfide) groups is 1. The van der Waals surface area contributed by atoms with Gasteiger partial charge in [-0.1, -0.05) is 25.3 Å². The molecule has 4 N–H and O–H groups in total. The minimum absolute atomic E-state index is 0.0154. The SMILES string of the molecule is O=C(O)CN1CC(c2cccs2)SCC(N[C@H](CCCCC2CCNCC2)C(=O)O)C1=O. The Morgan fingerprint density at radius 2 is 2.03 bits per heavy atom. The first-order chi connectivity index (χ1) is 15.4. The lowest BCUT2D eigenvalue weighted by molar-refractivity contribution is -0.146. The van der Waals surface area contributed by atoms with E-state index in [4.69, 9.17) is 0 Å². The molecule has 0 aromatic carbocycles. The zero-order valence-corrected chi connectivity index (χ0v) is 19.8. The van der Waals surface area contributed by atoms with Crippen molar-refractivity contribution >= 4 is 40.9 Å². The van der Waals surface area contributed by atoms with Gasteiger partial charge in [0.05, 0.1) is 11.3 Å². The second-order valence-corrected chi connectivity index (χ2v) is 10.8. The van der Waals surface area contributed by atoms with Crippen molar-refractivity contribution < 1.29 is 24.6 Å². The molecule has 0 saturated carbocycles. The summed E-state index contributed by atoms with van der Waals surface area (Å²) in [7, 11) is 0. The molecule has 10 heteroatoms. The standard InChI is InChI=1S/C22H33N3O5S2/c26-20(27)13-25-12-19(18-6-3-11-31-18)32-14-17(21(25)28)24-16(22(29)30)5-2-1-4-15-7-9-23-10-8-15/h3,6,11,15-17,19,23-24H,1-2,4-5,7-10,12-14H2,(H,26,27)(H,29,30)/t16-,17?,19?/m1/s1. The summed E-state index contributed by atoms with van der Waals surface area (Å²) in [4.78, 5) is 38.7. The van der Waals surface area contributed by atoms with Crippen LogP contribution in [0.2, 0.25) is 0 Å². The van der Waals surface area contributed by atoms with E-state index in [1.165, 1.54) is 17.7 Å². The molecule has 2 aliphatic rings. The molecule has 1 amide bonds. The Bertz CT molecular complexity index is 755. The molecule has 2 aliphatic heterocycles. The van der Waals surface area contributed by atoms with Crippen molar-refractivity contribution in [2.45, 2.75) is 55.9 Å². The summed E-state index contributed by atoms with van der Waals surface area (Å²) in [6, 6.07) is 2.40. The molecule has 2 fully saturated rings. The van der Waals surface area contributed by atoms with Crippen LogP contribution in [0.1, 0.15) is 48.7 Å².